The minimum atomic E-state index is -5.12. The summed E-state index contributed by atoms with van der Waals surface area (Å²) in [6, 6.07) is 0. The van der Waals surface area contributed by atoms with Gasteiger partial charge in [0, 0.05) is 17.8 Å². The normalized spacial score (nSPS) is 53.1. The summed E-state index contributed by atoms with van der Waals surface area (Å²) in [4.78, 5) is 0. The van der Waals surface area contributed by atoms with Crippen LogP contribution in [-0.4, -0.2) is 257 Å². The molecule has 12 aliphatic carbocycles. The van der Waals surface area contributed by atoms with E-state index in [2.05, 4.69) is 128 Å². The molecule has 54 atom stereocenters. The zero-order valence-electron chi connectivity index (χ0n) is 83.4. The first-order valence-electron chi connectivity index (χ1n) is 57.1. The van der Waals surface area contributed by atoms with Gasteiger partial charge in [-0.05, 0) is 278 Å². The van der Waals surface area contributed by atoms with E-state index in [1.165, 1.54) is 96.3 Å². The third-order valence-electron chi connectivity index (χ3n) is 43.8. The van der Waals surface area contributed by atoms with E-state index in [9.17, 15) is 77.8 Å². The molecule has 0 aromatic carbocycles. The van der Waals surface area contributed by atoms with E-state index < -0.39 is 128 Å². The fraction of sp³-hybridized carbons (Fsp3) is 1.00. The molecule has 15 aliphatic heterocycles. The van der Waals surface area contributed by atoms with Gasteiger partial charge in [0.1, 0.15) is 0 Å². The monoisotopic (exact) mass is 2330 g/mol. The summed E-state index contributed by atoms with van der Waals surface area (Å²) in [6.45, 7) is 0. The zero-order chi connectivity index (χ0) is 98.8. The van der Waals surface area contributed by atoms with Crippen LogP contribution < -0.4 is 128 Å². The van der Waals surface area contributed by atoms with Crippen molar-refractivity contribution in [3.63, 3.8) is 0 Å². The van der Waals surface area contributed by atoms with Gasteiger partial charge in [-0.1, -0.05) is 116 Å². The largest absolute Gasteiger partial charge is 3.00 e. The van der Waals surface area contributed by atoms with Crippen LogP contribution in [0.2, 0.25) is 0 Å². The third kappa shape index (κ3) is 20.5. The Morgan fingerprint density at radius 3 is 0.315 bits per heavy atom. The fourth-order valence-electron chi connectivity index (χ4n) is 38.0. The topological polar surface area (TPSA) is 632 Å². The van der Waals surface area contributed by atoms with Gasteiger partial charge in [-0.15, -0.1) is 0 Å². The van der Waals surface area contributed by atoms with Gasteiger partial charge < -0.3 is 27.3 Å². The van der Waals surface area contributed by atoms with Gasteiger partial charge in [0.15, 0.2) is 0 Å². The van der Waals surface area contributed by atoms with Crippen molar-refractivity contribution in [2.45, 2.75) is 449 Å². The predicted molar refractivity (Wildman–Crippen MR) is 525 cm³/mol. The van der Waals surface area contributed by atoms with Crippen molar-refractivity contribution >= 4 is 60.7 Å². The Bertz CT molecular complexity index is 4840. The van der Waals surface area contributed by atoms with Crippen molar-refractivity contribution in [1.29, 1.82) is 0 Å². The van der Waals surface area contributed by atoms with Crippen molar-refractivity contribution in [1.82, 2.24) is 128 Å². The van der Waals surface area contributed by atoms with Crippen LogP contribution in [0.15, 0.2) is 0 Å². The summed E-state index contributed by atoms with van der Waals surface area (Å²) in [6.07, 6.45) is 40.6. The Labute approximate surface area is 889 Å². The smallest absolute Gasteiger partial charge is 0.748 e. The second-order valence-electron chi connectivity index (χ2n) is 50.4. The second-order valence-corrected chi connectivity index (χ2v) is 59.8. The number of rotatable bonds is 6. The molecule has 146 heavy (non-hydrogen) atoms. The standard InChI is InChI=1S/3C32H56N8O6S2.2Ru/c3*41-47(42,43)22-14-13-21-23(24(22)48(44,45)46)32-39-30-20-12-6-5-11-19(20)28(37-30)35-26-16-8-2-1-7-15(16)25(33-26)34-27-17-9-3-4-10-18(17)29(36-27)38-31(21)40-32;;/h3*15-40H,1-14H2,(H,41,42,43)(H,44,45,46);;/q;;;2*+3/p-6. The maximum atomic E-state index is 13.0. The molecule has 42 nitrogen and oxygen atoms in total. The molecule has 27 fully saturated rings. The van der Waals surface area contributed by atoms with E-state index >= 15 is 0 Å². The van der Waals surface area contributed by atoms with Crippen molar-refractivity contribution in [2.75, 3.05) is 0 Å². The molecule has 826 valence electrons. The van der Waals surface area contributed by atoms with Crippen molar-refractivity contribution in [3.8, 4) is 0 Å². The average Bonchev–Trinajstić information content (AvgIpc) is 1.58. The molecule has 27 aliphatic rings. The number of fused-ring (bicyclic) bond motifs is 60. The first kappa shape index (κ1) is 109. The van der Waals surface area contributed by atoms with E-state index in [0.717, 1.165) is 135 Å². The molecular formula is C96H162N24O18Ru2S6. The number of nitrogens with one attached hydrogen (secondary N) is 24. The molecule has 27 rings (SSSR count). The Hall–Kier alpha value is -0.253. The van der Waals surface area contributed by atoms with Gasteiger partial charge in [-0.3, -0.25) is 128 Å². The van der Waals surface area contributed by atoms with Crippen LogP contribution in [0.25, 0.3) is 0 Å². The molecule has 15 saturated heterocycles. The molecule has 50 heteroatoms. The third-order valence-corrected chi connectivity index (χ3v) is 52.1. The van der Waals surface area contributed by atoms with Gasteiger partial charge >= 0.3 is 39.0 Å². The Kier molecular flexibility index (Phi) is 32.0. The molecule has 24 bridgehead atoms. The van der Waals surface area contributed by atoms with Crippen molar-refractivity contribution in [2.24, 2.45) is 142 Å². The van der Waals surface area contributed by atoms with Gasteiger partial charge in [0.2, 0.25) is 0 Å². The Morgan fingerprint density at radius 1 is 0.123 bits per heavy atom. The van der Waals surface area contributed by atoms with E-state index in [1.54, 1.807) is 0 Å². The van der Waals surface area contributed by atoms with E-state index in [0.29, 0.717) is 126 Å². The molecule has 12 saturated carbocycles. The van der Waals surface area contributed by atoms with Gasteiger partial charge in [-0.25, -0.2) is 50.5 Å². The van der Waals surface area contributed by atoms with E-state index in [-0.39, 0.29) is 205 Å². The molecule has 0 aromatic heterocycles. The predicted octanol–water partition coefficient (Wildman–Crippen LogP) is -1.05. The van der Waals surface area contributed by atoms with Gasteiger partial charge in [0.25, 0.3) is 0 Å². The van der Waals surface area contributed by atoms with Crippen LogP contribution in [0, 0.1) is 142 Å². The van der Waals surface area contributed by atoms with Crippen LogP contribution in [0.3, 0.4) is 0 Å². The first-order valence-corrected chi connectivity index (χ1v) is 65.9. The molecule has 0 aromatic rings. The molecule has 0 amide bonds. The molecule has 0 spiro atoms. The summed E-state index contributed by atoms with van der Waals surface area (Å²) in [7, 11) is -30.4. The maximum absolute atomic E-state index is 13.0. The van der Waals surface area contributed by atoms with Crippen LogP contribution in [0.1, 0.15) is 270 Å². The van der Waals surface area contributed by atoms with Crippen LogP contribution in [0.5, 0.6) is 0 Å². The SMILES string of the molecule is O=S(=O)([O-])C1CCC2C3NC4NC(NC5NC(NC6NC(NC(N3)C2C1S(=O)(=O)[O-])C1CCCCC61)C1CCCCC51)C1CCCCC41.O=S(=O)([O-])C1CCC2C3NC4NC(NC5NC(NC6NC(NC(N3)C2C1S(=O)(=O)[O-])C1CCCCC61)C1CCCCC51)C1CCCCC41.O=S(=O)([O-])C1CCC2C3NC4NC(NC5NC(NC6NC(NC(N3)C2C1S(=O)(=O)[O-])C1CCCCC61)C1CCCCC51)C1CCCCC41.[Ru+3].[Ru+3]. The summed E-state index contributed by atoms with van der Waals surface area (Å²) in [5.41, 5.74) is 0. The van der Waals surface area contributed by atoms with Crippen LogP contribution in [-0.2, 0) is 99.7 Å². The molecule has 24 N–H and O–H groups in total. The van der Waals surface area contributed by atoms with Crippen molar-refractivity contribution < 1.29 is 117 Å². The van der Waals surface area contributed by atoms with E-state index in [1.807, 2.05) is 0 Å². The van der Waals surface area contributed by atoms with Crippen molar-refractivity contribution in [3.05, 3.63) is 0 Å². The molecule has 15 heterocycles. The Balaban J connectivity index is 0.000000120. The number of hydrogen-bond acceptors (Lipinski definition) is 42. The Morgan fingerprint density at radius 2 is 0.219 bits per heavy atom. The van der Waals surface area contributed by atoms with Gasteiger partial charge in [0.05, 0.1) is 240 Å². The van der Waals surface area contributed by atoms with Crippen LogP contribution in [0.4, 0.5) is 0 Å². The quantitative estimate of drug-likeness (QED) is 0.111. The molecule has 2 radical (unpaired) electrons. The van der Waals surface area contributed by atoms with Crippen LogP contribution >= 0.6 is 0 Å². The number of hydrogen-bond donors (Lipinski definition) is 24. The summed E-state index contributed by atoms with van der Waals surface area (Å²) in [5, 5.41) is 83.1. The summed E-state index contributed by atoms with van der Waals surface area (Å²) in [5.74, 6) is 4.25. The second kappa shape index (κ2) is 43.0. The minimum Gasteiger partial charge on any atom is -0.748 e. The minimum absolute atomic E-state index is 0. The summed E-state index contributed by atoms with van der Waals surface area (Å²) < 4.78 is 229. The maximum Gasteiger partial charge on any atom is 3.00 e. The van der Waals surface area contributed by atoms with E-state index in [4.69, 9.17) is 0 Å². The summed E-state index contributed by atoms with van der Waals surface area (Å²) >= 11 is 0. The molecule has 54 unspecified atom stereocenters. The zero-order valence-corrected chi connectivity index (χ0v) is 91.8. The molecular weight excluding hydrogens is 2170 g/mol. The first-order chi connectivity index (χ1) is 69.1. The fourth-order valence-corrected chi connectivity index (χ4v) is 47.0. The van der Waals surface area contributed by atoms with Gasteiger partial charge in [-0.2, -0.15) is 0 Å². The average molecular weight is 2340 g/mol.